The van der Waals surface area contributed by atoms with Crippen LogP contribution in [0.25, 0.3) is 0 Å². The van der Waals surface area contributed by atoms with Gasteiger partial charge >= 0.3 is 0 Å². The molecule has 0 amide bonds. The molecule has 0 N–H and O–H groups in total. The maximum Gasteiger partial charge on any atom is 0.179 e. The molecule has 0 heterocycles. The zero-order chi connectivity index (χ0) is 12.6. The van der Waals surface area contributed by atoms with Crippen molar-refractivity contribution < 1.29 is 0 Å². The summed E-state index contributed by atoms with van der Waals surface area (Å²) in [5.74, 6) is 0. The average molecular weight is 228 g/mol. The average Bonchev–Trinajstić information content (AvgIpc) is 2.33. The zero-order valence-corrected chi connectivity index (χ0v) is 12.1. The predicted molar refractivity (Wildman–Crippen MR) is 72.0 cm³/mol. The topological polar surface area (TPSA) is 9.72 Å². The molecule has 0 rings (SSSR count). The lowest BCUT2D eigenvalue weighted by molar-refractivity contribution is 0.0387. The summed E-state index contributed by atoms with van der Waals surface area (Å²) in [6.45, 7) is 19.9. The van der Waals surface area contributed by atoms with Crippen molar-refractivity contribution in [3.05, 3.63) is 6.29 Å². The van der Waals surface area contributed by atoms with Crippen molar-refractivity contribution in [3.8, 4) is 0 Å². The van der Waals surface area contributed by atoms with E-state index in [9.17, 15) is 0 Å². The van der Waals surface area contributed by atoms with Crippen molar-refractivity contribution in [1.82, 2.24) is 14.7 Å². The summed E-state index contributed by atoms with van der Waals surface area (Å²) in [5.41, 5.74) is 0. The van der Waals surface area contributed by atoms with Gasteiger partial charge < -0.3 is 0 Å². The van der Waals surface area contributed by atoms with Gasteiger partial charge in [-0.15, -0.1) is 0 Å². The van der Waals surface area contributed by atoms with Gasteiger partial charge in [0.25, 0.3) is 0 Å². The molecule has 3 heteroatoms. The molecule has 0 saturated heterocycles. The Morgan fingerprint density at radius 2 is 0.688 bits per heavy atom. The molecule has 0 fully saturated rings. The Hall–Kier alpha value is -0.120. The fraction of sp³-hybridized carbons (Fsp3) is 0.923. The summed E-state index contributed by atoms with van der Waals surface area (Å²) >= 11 is 0. The third kappa shape index (κ3) is 4.04. The Kier molecular flexibility index (Phi) is 8.90. The highest BCUT2D eigenvalue weighted by molar-refractivity contribution is 4.88. The van der Waals surface area contributed by atoms with Crippen LogP contribution in [-0.4, -0.2) is 54.0 Å². The Morgan fingerprint density at radius 3 is 0.812 bits per heavy atom. The summed E-state index contributed by atoms with van der Waals surface area (Å²) in [4.78, 5) is 7.38. The quantitative estimate of drug-likeness (QED) is 0.600. The molecule has 1 radical (unpaired) electrons. The van der Waals surface area contributed by atoms with Gasteiger partial charge in [0.1, 0.15) is 0 Å². The smallest absolute Gasteiger partial charge is 0.179 e. The third-order valence-electron chi connectivity index (χ3n) is 3.14. The first-order chi connectivity index (χ1) is 7.69. The number of nitrogens with zero attached hydrogens (tertiary/aromatic N) is 3. The molecular formula is C13H30N3. The molecule has 16 heavy (non-hydrogen) atoms. The largest absolute Gasteiger partial charge is 0.269 e. The minimum Gasteiger partial charge on any atom is -0.269 e. The van der Waals surface area contributed by atoms with E-state index in [0.717, 1.165) is 39.3 Å². The molecule has 0 aliphatic rings. The van der Waals surface area contributed by atoms with E-state index in [2.05, 4.69) is 56.2 Å². The maximum absolute atomic E-state index is 2.46. The lowest BCUT2D eigenvalue weighted by Gasteiger charge is -2.42. The molecule has 0 aromatic heterocycles. The highest BCUT2D eigenvalue weighted by atomic mass is 15.5. The van der Waals surface area contributed by atoms with Crippen molar-refractivity contribution >= 4 is 0 Å². The Morgan fingerprint density at radius 1 is 0.500 bits per heavy atom. The second kappa shape index (κ2) is 8.97. The fourth-order valence-electron chi connectivity index (χ4n) is 2.12. The van der Waals surface area contributed by atoms with Gasteiger partial charge in [-0.2, -0.15) is 0 Å². The normalized spacial score (nSPS) is 12.4. The maximum atomic E-state index is 2.46. The molecule has 3 nitrogen and oxygen atoms in total. The molecule has 97 valence electrons. The second-order valence-corrected chi connectivity index (χ2v) is 3.82. The first-order valence-corrected chi connectivity index (χ1v) is 6.81. The standard InChI is InChI=1S/C13H30N3/c1-7-14(8-2)13(15(9-3)10-4)16(11-5)12-6/h7-12H2,1-6H3. The molecule has 0 aliphatic heterocycles. The lowest BCUT2D eigenvalue weighted by Crippen LogP contribution is -2.51. The van der Waals surface area contributed by atoms with Crippen LogP contribution in [0, 0.1) is 6.29 Å². The van der Waals surface area contributed by atoms with E-state index in [1.807, 2.05) is 0 Å². The van der Waals surface area contributed by atoms with Crippen molar-refractivity contribution in [1.29, 1.82) is 0 Å². The van der Waals surface area contributed by atoms with Gasteiger partial charge in [0, 0.05) is 0 Å². The van der Waals surface area contributed by atoms with E-state index in [-0.39, 0.29) is 0 Å². The van der Waals surface area contributed by atoms with Gasteiger partial charge in [0.2, 0.25) is 0 Å². The molecule has 0 aromatic carbocycles. The highest BCUT2D eigenvalue weighted by Gasteiger charge is 2.27. The number of rotatable bonds is 9. The van der Waals surface area contributed by atoms with Crippen LogP contribution >= 0.6 is 0 Å². The molecule has 0 saturated carbocycles. The number of hydrogen-bond donors (Lipinski definition) is 0. The monoisotopic (exact) mass is 228 g/mol. The Balaban J connectivity index is 4.84. The van der Waals surface area contributed by atoms with Crippen LogP contribution in [-0.2, 0) is 0 Å². The van der Waals surface area contributed by atoms with Crippen LogP contribution in [0.1, 0.15) is 41.5 Å². The van der Waals surface area contributed by atoms with Gasteiger partial charge in [-0.3, -0.25) is 14.7 Å². The van der Waals surface area contributed by atoms with Gasteiger partial charge in [-0.25, -0.2) is 0 Å². The first kappa shape index (κ1) is 15.9. The van der Waals surface area contributed by atoms with Crippen LogP contribution in [0.2, 0.25) is 0 Å². The summed E-state index contributed by atoms with van der Waals surface area (Å²) in [5, 5.41) is 0. The minimum absolute atomic E-state index is 1.08. The number of hydrogen-bond acceptors (Lipinski definition) is 3. The van der Waals surface area contributed by atoms with Crippen molar-refractivity contribution in [3.63, 3.8) is 0 Å². The molecule has 0 aliphatic carbocycles. The summed E-state index contributed by atoms with van der Waals surface area (Å²) in [6.07, 6.45) is 1.40. The van der Waals surface area contributed by atoms with E-state index in [1.165, 1.54) is 6.29 Å². The van der Waals surface area contributed by atoms with Crippen molar-refractivity contribution in [2.75, 3.05) is 39.3 Å². The van der Waals surface area contributed by atoms with Gasteiger partial charge in [0.15, 0.2) is 6.29 Å². The van der Waals surface area contributed by atoms with Gasteiger partial charge in [-0.05, 0) is 39.3 Å². The van der Waals surface area contributed by atoms with E-state index >= 15 is 0 Å². The summed E-state index contributed by atoms with van der Waals surface area (Å²) in [6, 6.07) is 0. The zero-order valence-electron chi connectivity index (χ0n) is 12.1. The SMILES string of the molecule is CCN(CC)[C](N(CC)CC)N(CC)CC. The van der Waals surface area contributed by atoms with Crippen LogP contribution in [0.15, 0.2) is 0 Å². The van der Waals surface area contributed by atoms with Crippen LogP contribution in [0.5, 0.6) is 0 Å². The van der Waals surface area contributed by atoms with Crippen molar-refractivity contribution in [2.24, 2.45) is 0 Å². The summed E-state index contributed by atoms with van der Waals surface area (Å²) in [7, 11) is 0. The van der Waals surface area contributed by atoms with E-state index in [0.29, 0.717) is 0 Å². The predicted octanol–water partition coefficient (Wildman–Crippen LogP) is 2.46. The van der Waals surface area contributed by atoms with E-state index in [4.69, 9.17) is 0 Å². The second-order valence-electron chi connectivity index (χ2n) is 3.82. The fourth-order valence-corrected chi connectivity index (χ4v) is 2.12. The Labute approximate surface area is 102 Å². The van der Waals surface area contributed by atoms with Crippen LogP contribution in [0.4, 0.5) is 0 Å². The highest BCUT2D eigenvalue weighted by Crippen LogP contribution is 2.18. The molecule has 0 atom stereocenters. The van der Waals surface area contributed by atoms with Crippen molar-refractivity contribution in [2.45, 2.75) is 41.5 Å². The minimum atomic E-state index is 1.08. The van der Waals surface area contributed by atoms with Gasteiger partial charge in [0.05, 0.1) is 0 Å². The molecular weight excluding hydrogens is 198 g/mol. The Bertz CT molecular complexity index is 121. The lowest BCUT2D eigenvalue weighted by atomic mass is 10.3. The molecule has 0 spiro atoms. The van der Waals surface area contributed by atoms with E-state index < -0.39 is 0 Å². The molecule has 0 aromatic rings. The van der Waals surface area contributed by atoms with Crippen LogP contribution < -0.4 is 0 Å². The van der Waals surface area contributed by atoms with Crippen LogP contribution in [0.3, 0.4) is 0 Å². The molecule has 0 bridgehead atoms. The van der Waals surface area contributed by atoms with Gasteiger partial charge in [-0.1, -0.05) is 41.5 Å². The first-order valence-electron chi connectivity index (χ1n) is 6.81. The third-order valence-corrected chi connectivity index (χ3v) is 3.14. The van der Waals surface area contributed by atoms with E-state index in [1.54, 1.807) is 0 Å². The summed E-state index contributed by atoms with van der Waals surface area (Å²) < 4.78 is 0. The molecule has 0 unspecified atom stereocenters.